The minimum atomic E-state index is -0.439. The van der Waals surface area contributed by atoms with Crippen LogP contribution in [0.25, 0.3) is 0 Å². The van der Waals surface area contributed by atoms with Gasteiger partial charge in [0.15, 0.2) is 12.4 Å². The number of ether oxygens (including phenoxy) is 2. The number of hydrogen-bond acceptors (Lipinski definition) is 6. The van der Waals surface area contributed by atoms with Crippen LogP contribution in [0.2, 0.25) is 0 Å². The van der Waals surface area contributed by atoms with Gasteiger partial charge in [-0.25, -0.2) is 0 Å². The van der Waals surface area contributed by atoms with Gasteiger partial charge in [-0.2, -0.15) is 0 Å². The fraction of sp³-hybridized carbons (Fsp3) is 0.333. The quantitative estimate of drug-likeness (QED) is 0.451. The summed E-state index contributed by atoms with van der Waals surface area (Å²) in [7, 11) is 0. The molecule has 1 aliphatic heterocycles. The van der Waals surface area contributed by atoms with Crippen molar-refractivity contribution in [1.29, 1.82) is 0 Å². The average Bonchev–Trinajstić information content (AvgIpc) is 2.80. The Bertz CT molecular complexity index is 989. The molecule has 0 aromatic heterocycles. The molecule has 168 valence electrons. The first-order chi connectivity index (χ1) is 15.5. The highest BCUT2D eigenvalue weighted by Crippen LogP contribution is 2.33. The van der Waals surface area contributed by atoms with Crippen LogP contribution in [0.3, 0.4) is 0 Å². The number of carbonyl (C=O) groups excluding carboxylic acids is 4. The number of rotatable bonds is 10. The summed E-state index contributed by atoms with van der Waals surface area (Å²) < 4.78 is 10.3. The Hall–Kier alpha value is -3.68. The van der Waals surface area contributed by atoms with E-state index < -0.39 is 5.97 Å². The predicted molar refractivity (Wildman–Crippen MR) is 118 cm³/mol. The van der Waals surface area contributed by atoms with Crippen LogP contribution >= 0.6 is 0 Å². The predicted octanol–water partition coefficient (Wildman–Crippen LogP) is 2.30. The number of amides is 2. The molecule has 0 fully saturated rings. The maximum absolute atomic E-state index is 12.5. The molecule has 0 spiro atoms. The highest BCUT2D eigenvalue weighted by molar-refractivity contribution is 6.04. The Balaban J connectivity index is 1.63. The molecule has 2 aromatic carbocycles. The molecule has 32 heavy (non-hydrogen) atoms. The fourth-order valence-corrected chi connectivity index (χ4v) is 3.33. The smallest absolute Gasteiger partial charge is 0.306 e. The normalized spacial score (nSPS) is 12.5. The number of Topliss-reactive ketones (excluding diaryl/α,β-unsaturated/α-hetero) is 1. The van der Waals surface area contributed by atoms with E-state index in [0.717, 1.165) is 5.56 Å². The number of anilines is 1. The third-order valence-corrected chi connectivity index (χ3v) is 4.97. The largest absolute Gasteiger partial charge is 0.482 e. The van der Waals surface area contributed by atoms with Crippen LogP contribution in [0, 0.1) is 0 Å². The van der Waals surface area contributed by atoms with E-state index in [4.69, 9.17) is 9.47 Å². The Morgan fingerprint density at radius 2 is 1.88 bits per heavy atom. The zero-order chi connectivity index (χ0) is 22.9. The van der Waals surface area contributed by atoms with Gasteiger partial charge in [-0.3, -0.25) is 24.1 Å². The summed E-state index contributed by atoms with van der Waals surface area (Å²) in [6, 6.07) is 14.5. The van der Waals surface area contributed by atoms with E-state index in [-0.39, 0.29) is 50.2 Å². The lowest BCUT2D eigenvalue weighted by Crippen LogP contribution is -2.45. The van der Waals surface area contributed by atoms with E-state index in [2.05, 4.69) is 5.32 Å². The molecular weight excluding hydrogens is 412 g/mol. The number of fused-ring (bicyclic) bond motifs is 1. The van der Waals surface area contributed by atoms with Gasteiger partial charge in [-0.15, -0.1) is 0 Å². The molecule has 0 saturated heterocycles. The highest BCUT2D eigenvalue weighted by atomic mass is 16.5. The van der Waals surface area contributed by atoms with Gasteiger partial charge in [0.1, 0.15) is 12.3 Å². The van der Waals surface area contributed by atoms with Crippen molar-refractivity contribution in [3.63, 3.8) is 0 Å². The van der Waals surface area contributed by atoms with Crippen LogP contribution in [-0.2, 0) is 25.5 Å². The van der Waals surface area contributed by atoms with E-state index in [1.807, 2.05) is 30.3 Å². The van der Waals surface area contributed by atoms with Crippen molar-refractivity contribution in [2.24, 2.45) is 0 Å². The van der Waals surface area contributed by atoms with Gasteiger partial charge < -0.3 is 14.8 Å². The molecule has 0 unspecified atom stereocenters. The summed E-state index contributed by atoms with van der Waals surface area (Å²) in [4.78, 5) is 50.2. The Kier molecular flexibility index (Phi) is 7.96. The van der Waals surface area contributed by atoms with Crippen LogP contribution in [-0.4, -0.2) is 49.9 Å². The second kappa shape index (κ2) is 11.1. The Morgan fingerprint density at radius 3 is 2.62 bits per heavy atom. The summed E-state index contributed by atoms with van der Waals surface area (Å²) in [6.07, 6.45) is 0.651. The summed E-state index contributed by atoms with van der Waals surface area (Å²) in [6.45, 7) is 2.05. The van der Waals surface area contributed by atoms with Crippen LogP contribution in [0.5, 0.6) is 5.75 Å². The molecule has 2 aromatic rings. The molecule has 1 N–H and O–H groups in total. The zero-order valence-electron chi connectivity index (χ0n) is 18.0. The molecule has 0 radical (unpaired) electrons. The van der Waals surface area contributed by atoms with Gasteiger partial charge in [0, 0.05) is 18.5 Å². The van der Waals surface area contributed by atoms with E-state index >= 15 is 0 Å². The first kappa shape index (κ1) is 23.0. The minimum absolute atomic E-state index is 0.00754. The van der Waals surface area contributed by atoms with Crippen molar-refractivity contribution >= 4 is 29.3 Å². The van der Waals surface area contributed by atoms with Crippen LogP contribution in [0.15, 0.2) is 48.5 Å². The second-order valence-corrected chi connectivity index (χ2v) is 7.26. The molecule has 2 amide bonds. The maximum Gasteiger partial charge on any atom is 0.306 e. The van der Waals surface area contributed by atoms with Crippen LogP contribution < -0.4 is 15.0 Å². The summed E-state index contributed by atoms with van der Waals surface area (Å²) in [5, 5.41) is 2.82. The number of nitrogens with zero attached hydrogens (tertiary/aromatic N) is 1. The van der Waals surface area contributed by atoms with E-state index in [0.29, 0.717) is 30.0 Å². The van der Waals surface area contributed by atoms with Crippen molar-refractivity contribution in [2.75, 3.05) is 31.2 Å². The van der Waals surface area contributed by atoms with Gasteiger partial charge in [0.25, 0.3) is 5.91 Å². The van der Waals surface area contributed by atoms with E-state index in [9.17, 15) is 19.2 Å². The molecule has 1 heterocycles. The fourth-order valence-electron chi connectivity index (χ4n) is 3.33. The molecule has 0 aliphatic carbocycles. The second-order valence-electron chi connectivity index (χ2n) is 7.26. The van der Waals surface area contributed by atoms with Crippen LogP contribution in [0.4, 0.5) is 5.69 Å². The number of ketones is 1. The molecule has 1 aliphatic rings. The van der Waals surface area contributed by atoms with E-state index in [1.165, 1.54) is 11.0 Å². The molecule has 0 bridgehead atoms. The molecule has 3 rings (SSSR count). The number of esters is 1. The standard InChI is InChI=1S/C24H26N2O6/c1-2-31-24(30)11-9-20(27)18-8-10-21-19(14-18)26(23(29)16-32-21)15-22(28)25-13-12-17-6-4-3-5-7-17/h3-8,10,14H,2,9,11-13,15-16H2,1H3,(H,25,28). The Labute approximate surface area is 186 Å². The topological polar surface area (TPSA) is 102 Å². The average molecular weight is 438 g/mol. The highest BCUT2D eigenvalue weighted by Gasteiger charge is 2.28. The zero-order valence-corrected chi connectivity index (χ0v) is 18.0. The SMILES string of the molecule is CCOC(=O)CCC(=O)c1ccc2c(c1)N(CC(=O)NCCc1ccccc1)C(=O)CO2. The molecular formula is C24H26N2O6. The van der Waals surface area contributed by atoms with Gasteiger partial charge in [0.2, 0.25) is 5.91 Å². The lowest BCUT2D eigenvalue weighted by Gasteiger charge is -2.29. The molecule has 8 heteroatoms. The van der Waals surface area contributed by atoms with Crippen molar-refractivity contribution < 1.29 is 28.7 Å². The lowest BCUT2D eigenvalue weighted by molar-refractivity contribution is -0.143. The summed E-state index contributed by atoms with van der Waals surface area (Å²) in [5.41, 5.74) is 1.80. The van der Waals surface area contributed by atoms with Crippen molar-refractivity contribution in [3.8, 4) is 5.75 Å². The Morgan fingerprint density at radius 1 is 1.09 bits per heavy atom. The molecule has 8 nitrogen and oxygen atoms in total. The third-order valence-electron chi connectivity index (χ3n) is 4.97. The van der Waals surface area contributed by atoms with Crippen LogP contribution in [0.1, 0.15) is 35.7 Å². The third kappa shape index (κ3) is 6.16. The summed E-state index contributed by atoms with van der Waals surface area (Å²) in [5.74, 6) is -0.950. The van der Waals surface area contributed by atoms with Gasteiger partial charge >= 0.3 is 5.97 Å². The van der Waals surface area contributed by atoms with Gasteiger partial charge in [0.05, 0.1) is 18.7 Å². The maximum atomic E-state index is 12.5. The number of hydrogen-bond donors (Lipinski definition) is 1. The van der Waals surface area contributed by atoms with Gasteiger partial charge in [-0.05, 0) is 37.1 Å². The number of carbonyl (C=O) groups is 4. The minimum Gasteiger partial charge on any atom is -0.482 e. The first-order valence-corrected chi connectivity index (χ1v) is 10.5. The summed E-state index contributed by atoms with van der Waals surface area (Å²) >= 11 is 0. The van der Waals surface area contributed by atoms with Crippen molar-refractivity contribution in [3.05, 3.63) is 59.7 Å². The first-order valence-electron chi connectivity index (χ1n) is 10.5. The monoisotopic (exact) mass is 438 g/mol. The number of nitrogens with one attached hydrogen (secondary N) is 1. The number of benzene rings is 2. The van der Waals surface area contributed by atoms with Gasteiger partial charge in [-0.1, -0.05) is 30.3 Å². The van der Waals surface area contributed by atoms with Crippen molar-refractivity contribution in [1.82, 2.24) is 5.32 Å². The van der Waals surface area contributed by atoms with Crippen molar-refractivity contribution in [2.45, 2.75) is 26.2 Å². The lowest BCUT2D eigenvalue weighted by atomic mass is 10.0. The molecule has 0 saturated carbocycles. The molecule has 0 atom stereocenters. The van der Waals surface area contributed by atoms with E-state index in [1.54, 1.807) is 19.1 Å².